The molecule has 0 N–H and O–H groups in total. The van der Waals surface area contributed by atoms with Crippen LogP contribution < -0.4 is 35.4 Å². The van der Waals surface area contributed by atoms with E-state index in [1.165, 1.54) is 65.3 Å². The summed E-state index contributed by atoms with van der Waals surface area (Å²) in [5, 5.41) is 15.6. The molecule has 8 aromatic rings. The maximum atomic E-state index is 2.40. The largest absolute Gasteiger partial charge is 2.00 e. The number of hydrogen-bond acceptors (Lipinski definition) is 0. The topological polar surface area (TPSA) is 0 Å². The van der Waals surface area contributed by atoms with Crippen molar-refractivity contribution in [2.24, 2.45) is 0 Å². The van der Waals surface area contributed by atoms with E-state index in [1.807, 2.05) is 0 Å². The molecule has 0 amide bonds. The SMILES string of the molecule is CC(C)(C)P(c1cc2ccccc2[cH-]1)C(C)(C)C.CC(C)(C)P(c1cc2ccccc2[cH-]1)C(C)(C)C.Cc1ccc(C)c2[cH-]ccc12.Cc1ccc(C)c2[cH-]ccc12.[Cl-].[Cl-].[Ti+2].[Ti+2]. The van der Waals surface area contributed by atoms with Gasteiger partial charge >= 0.3 is 43.4 Å². The Balaban J connectivity index is 0.000000414. The van der Waals surface area contributed by atoms with Crippen LogP contribution in [0.3, 0.4) is 0 Å². The van der Waals surface area contributed by atoms with E-state index in [9.17, 15) is 0 Å². The fraction of sp³-hybridized carbons (Fsp3) is 0.357. The Morgan fingerprint density at radius 1 is 0.387 bits per heavy atom. The molecule has 6 heteroatoms. The van der Waals surface area contributed by atoms with Crippen LogP contribution in [-0.4, -0.2) is 20.6 Å². The molecule has 0 spiro atoms. The second-order valence-corrected chi connectivity index (χ2v) is 27.9. The smallest absolute Gasteiger partial charge is 1.00 e. The van der Waals surface area contributed by atoms with Gasteiger partial charge in [-0.15, -0.1) is 138 Å². The van der Waals surface area contributed by atoms with Gasteiger partial charge in [-0.05, 0) is 34.5 Å². The van der Waals surface area contributed by atoms with Crippen LogP contribution in [0.2, 0.25) is 0 Å². The van der Waals surface area contributed by atoms with Gasteiger partial charge in [0, 0.05) is 0 Å². The predicted octanol–water partition coefficient (Wildman–Crippen LogP) is 10.9. The third-order valence-corrected chi connectivity index (χ3v) is 17.8. The van der Waals surface area contributed by atoms with Crippen LogP contribution in [0.1, 0.15) is 105 Å². The minimum atomic E-state index is -0.185. The average Bonchev–Trinajstić information content (AvgIpc) is 3.92. The summed E-state index contributed by atoms with van der Waals surface area (Å²) in [6, 6.07) is 48.6. The predicted molar refractivity (Wildman–Crippen MR) is 269 cm³/mol. The van der Waals surface area contributed by atoms with E-state index in [0.717, 1.165) is 0 Å². The van der Waals surface area contributed by atoms with Crippen molar-refractivity contribution in [3.8, 4) is 0 Å². The van der Waals surface area contributed by atoms with E-state index < -0.39 is 0 Å². The third kappa shape index (κ3) is 14.6. The molecular weight excluding hydrogens is 901 g/mol. The van der Waals surface area contributed by atoms with Gasteiger partial charge in [-0.2, -0.15) is 36.4 Å². The summed E-state index contributed by atoms with van der Waals surface area (Å²) in [5.74, 6) is 0. The molecule has 0 saturated heterocycles. The van der Waals surface area contributed by atoms with E-state index in [2.05, 4.69) is 244 Å². The van der Waals surface area contributed by atoms with Crippen molar-refractivity contribution in [3.63, 3.8) is 0 Å². The van der Waals surface area contributed by atoms with E-state index >= 15 is 0 Å². The van der Waals surface area contributed by atoms with Crippen LogP contribution >= 0.6 is 15.8 Å². The number of rotatable bonds is 2. The van der Waals surface area contributed by atoms with Crippen LogP contribution in [0, 0.1) is 27.7 Å². The van der Waals surface area contributed by atoms with E-state index in [1.54, 1.807) is 10.6 Å². The van der Waals surface area contributed by atoms with Crippen molar-refractivity contribution in [1.29, 1.82) is 0 Å². The van der Waals surface area contributed by atoms with Gasteiger partial charge in [0.05, 0.1) is 0 Å². The maximum absolute atomic E-state index is 2.40. The molecule has 0 saturated carbocycles. The minimum absolute atomic E-state index is 0. The second kappa shape index (κ2) is 23.6. The molecular formula is C56H70Cl2P2Ti2-2. The van der Waals surface area contributed by atoms with Gasteiger partial charge in [-0.25, -0.2) is 0 Å². The Morgan fingerprint density at radius 2 is 0.677 bits per heavy atom. The number of halogens is 2. The maximum Gasteiger partial charge on any atom is 2.00 e. The molecule has 0 aliphatic rings. The van der Waals surface area contributed by atoms with E-state index in [-0.39, 0.29) is 84.1 Å². The van der Waals surface area contributed by atoms with Crippen molar-refractivity contribution in [2.45, 2.75) is 131 Å². The first-order chi connectivity index (χ1) is 27.0. The molecule has 62 heavy (non-hydrogen) atoms. The normalized spacial score (nSPS) is 11.6. The standard InChI is InChI=1S/2C17H24P.2C11H11.2ClH.2Ti/c2*1-16(2,3)18(17(4,5)6)15-11-13-9-7-8-10-14(13)12-15;2*1-8-6-7-9(2)11-5-3-4-10(8)11;;;;/h2*7-12H,1-6H3;2*3-7H,1-2H3;2*1H;;/q4*-1;;;2*+2/p-2. The molecule has 0 aliphatic heterocycles. The molecule has 0 bridgehead atoms. The van der Waals surface area contributed by atoms with Gasteiger partial charge in [0.1, 0.15) is 0 Å². The van der Waals surface area contributed by atoms with E-state index in [4.69, 9.17) is 0 Å². The van der Waals surface area contributed by atoms with Crippen molar-refractivity contribution in [2.75, 3.05) is 0 Å². The summed E-state index contributed by atoms with van der Waals surface area (Å²) in [5.41, 5.74) is 5.48. The summed E-state index contributed by atoms with van der Waals surface area (Å²) in [4.78, 5) is 0. The molecule has 0 atom stereocenters. The zero-order chi connectivity index (χ0) is 42.8. The summed E-state index contributed by atoms with van der Waals surface area (Å²) in [7, 11) is -0.369. The summed E-state index contributed by atoms with van der Waals surface area (Å²) in [6.07, 6.45) is 0. The van der Waals surface area contributed by atoms with Gasteiger partial charge in [-0.1, -0.05) is 148 Å². The molecule has 0 nitrogen and oxygen atoms in total. The summed E-state index contributed by atoms with van der Waals surface area (Å²) in [6.45, 7) is 37.1. The van der Waals surface area contributed by atoms with Gasteiger partial charge < -0.3 is 24.8 Å². The van der Waals surface area contributed by atoms with Gasteiger partial charge in [-0.3, -0.25) is 0 Å². The second-order valence-electron chi connectivity index (χ2n) is 20.1. The Hall–Kier alpha value is -1.81. The van der Waals surface area contributed by atoms with Crippen molar-refractivity contribution < 1.29 is 68.2 Å². The fourth-order valence-corrected chi connectivity index (χ4v) is 17.4. The number of benzene rings is 4. The molecule has 0 aliphatic carbocycles. The van der Waals surface area contributed by atoms with Crippen molar-refractivity contribution in [3.05, 3.63) is 156 Å². The molecule has 8 rings (SSSR count). The third-order valence-electron chi connectivity index (χ3n) is 10.9. The first-order valence-corrected chi connectivity index (χ1v) is 23.8. The molecule has 0 fully saturated rings. The molecule has 328 valence electrons. The fourth-order valence-electron chi connectivity index (χ4n) is 9.16. The Kier molecular flexibility index (Phi) is 22.1. The number of hydrogen-bond donors (Lipinski definition) is 0. The van der Waals surface area contributed by atoms with Crippen molar-refractivity contribution in [1.82, 2.24) is 0 Å². The molecule has 0 radical (unpaired) electrons. The summed E-state index contributed by atoms with van der Waals surface area (Å²) >= 11 is 0. The van der Waals surface area contributed by atoms with Crippen LogP contribution in [0.15, 0.2) is 133 Å². The molecule has 0 heterocycles. The number of fused-ring (bicyclic) bond motifs is 4. The molecule has 0 aromatic heterocycles. The number of aryl methyl sites for hydroxylation is 4. The van der Waals surface area contributed by atoms with E-state index in [0.29, 0.717) is 20.6 Å². The first-order valence-electron chi connectivity index (χ1n) is 21.1. The van der Waals surface area contributed by atoms with Crippen LogP contribution in [0.25, 0.3) is 43.1 Å². The molecule has 0 unspecified atom stereocenters. The molecule has 8 aromatic carbocycles. The zero-order valence-electron chi connectivity index (χ0n) is 40.4. The van der Waals surface area contributed by atoms with Gasteiger partial charge in [0.15, 0.2) is 0 Å². The van der Waals surface area contributed by atoms with Gasteiger partial charge in [0.2, 0.25) is 0 Å². The van der Waals surface area contributed by atoms with Crippen LogP contribution in [0.4, 0.5) is 0 Å². The van der Waals surface area contributed by atoms with Crippen LogP contribution in [0.5, 0.6) is 0 Å². The van der Waals surface area contributed by atoms with Crippen molar-refractivity contribution >= 4 is 69.5 Å². The first kappa shape index (κ1) is 58.2. The quantitative estimate of drug-likeness (QED) is 0.0920. The van der Waals surface area contributed by atoms with Crippen LogP contribution in [-0.2, 0) is 43.4 Å². The summed E-state index contributed by atoms with van der Waals surface area (Å²) < 4.78 is 0. The zero-order valence-corrected chi connectivity index (χ0v) is 46.8. The van der Waals surface area contributed by atoms with Gasteiger partial charge in [0.25, 0.3) is 0 Å². The Labute approximate surface area is 421 Å². The minimum Gasteiger partial charge on any atom is -1.00 e. The Bertz CT molecular complexity index is 2220. The Morgan fingerprint density at radius 3 is 0.952 bits per heavy atom. The average molecular weight is 972 g/mol. The monoisotopic (exact) mass is 970 g/mol.